The Morgan fingerprint density at radius 2 is 1.84 bits per heavy atom. The van der Waals surface area contributed by atoms with Crippen molar-refractivity contribution in [1.29, 1.82) is 0 Å². The van der Waals surface area contributed by atoms with Crippen LogP contribution >= 0.6 is 34.7 Å². The minimum Gasteiger partial charge on any atom is -0.356 e. The number of benzene rings is 2. The van der Waals surface area contributed by atoms with Gasteiger partial charge in [0.05, 0.1) is 16.5 Å². The van der Waals surface area contributed by atoms with Crippen LogP contribution in [0.5, 0.6) is 0 Å². The summed E-state index contributed by atoms with van der Waals surface area (Å²) in [5.41, 5.74) is 1.78. The number of nitrogens with one attached hydrogen (secondary N) is 2. The Labute approximate surface area is 158 Å². The lowest BCUT2D eigenvalue weighted by atomic mass is 10.2. The van der Waals surface area contributed by atoms with Gasteiger partial charge in [-0.1, -0.05) is 77.2 Å². The normalized spacial score (nSPS) is 10.4. The van der Waals surface area contributed by atoms with Crippen LogP contribution in [0.4, 0.5) is 10.8 Å². The molecule has 5 nitrogen and oxygen atoms in total. The van der Waals surface area contributed by atoms with E-state index in [1.807, 2.05) is 42.5 Å². The summed E-state index contributed by atoms with van der Waals surface area (Å²) in [7, 11) is 0. The first-order chi connectivity index (χ1) is 12.2. The summed E-state index contributed by atoms with van der Waals surface area (Å²) in [6, 6.07) is 17.2. The molecule has 0 aliphatic heterocycles. The SMILES string of the molecule is O=C(CSc1nnc(NCc2ccccc2)s1)Nc1ccccc1Cl. The van der Waals surface area contributed by atoms with Gasteiger partial charge in [0.15, 0.2) is 4.34 Å². The molecule has 0 saturated heterocycles. The Bertz CT molecular complexity index is 841. The fourth-order valence-corrected chi connectivity index (χ4v) is 3.72. The number of amides is 1. The molecule has 0 unspecified atom stereocenters. The molecule has 0 bridgehead atoms. The molecule has 0 spiro atoms. The second-order valence-electron chi connectivity index (χ2n) is 5.03. The molecule has 25 heavy (non-hydrogen) atoms. The third kappa shape index (κ3) is 5.45. The lowest BCUT2D eigenvalue weighted by Crippen LogP contribution is -2.14. The quantitative estimate of drug-likeness (QED) is 0.580. The topological polar surface area (TPSA) is 66.9 Å². The molecule has 2 aromatic carbocycles. The summed E-state index contributed by atoms with van der Waals surface area (Å²) < 4.78 is 0.741. The lowest BCUT2D eigenvalue weighted by molar-refractivity contribution is -0.113. The second kappa shape index (κ2) is 8.84. The lowest BCUT2D eigenvalue weighted by Gasteiger charge is -2.05. The molecule has 0 atom stereocenters. The van der Waals surface area contributed by atoms with Crippen LogP contribution in [-0.4, -0.2) is 21.9 Å². The zero-order chi connectivity index (χ0) is 17.5. The van der Waals surface area contributed by atoms with Gasteiger partial charge in [0, 0.05) is 6.54 Å². The van der Waals surface area contributed by atoms with Crippen molar-refractivity contribution in [3.05, 3.63) is 65.2 Å². The van der Waals surface area contributed by atoms with E-state index >= 15 is 0 Å². The molecule has 3 rings (SSSR count). The minimum absolute atomic E-state index is 0.132. The molecule has 3 aromatic rings. The van der Waals surface area contributed by atoms with Gasteiger partial charge in [-0.25, -0.2) is 0 Å². The number of para-hydroxylation sites is 1. The van der Waals surface area contributed by atoms with E-state index in [1.54, 1.807) is 12.1 Å². The summed E-state index contributed by atoms with van der Waals surface area (Å²) in [4.78, 5) is 12.0. The van der Waals surface area contributed by atoms with Crippen molar-refractivity contribution >= 4 is 51.4 Å². The van der Waals surface area contributed by atoms with E-state index in [0.717, 1.165) is 9.47 Å². The predicted octanol–water partition coefficient (Wildman–Crippen LogP) is 4.53. The van der Waals surface area contributed by atoms with Gasteiger partial charge in [-0.15, -0.1) is 10.2 Å². The highest BCUT2D eigenvalue weighted by Crippen LogP contribution is 2.26. The van der Waals surface area contributed by atoms with Crippen molar-refractivity contribution in [3.8, 4) is 0 Å². The molecule has 0 radical (unpaired) electrons. The van der Waals surface area contributed by atoms with Crippen LogP contribution in [0.2, 0.25) is 5.02 Å². The third-order valence-electron chi connectivity index (χ3n) is 3.17. The molecular formula is C17H15ClN4OS2. The Balaban J connectivity index is 1.47. The van der Waals surface area contributed by atoms with Crippen molar-refractivity contribution in [2.24, 2.45) is 0 Å². The Morgan fingerprint density at radius 1 is 1.08 bits per heavy atom. The number of rotatable bonds is 7. The Hall–Kier alpha value is -2.09. The van der Waals surface area contributed by atoms with Crippen molar-refractivity contribution in [3.63, 3.8) is 0 Å². The van der Waals surface area contributed by atoms with E-state index in [-0.39, 0.29) is 11.7 Å². The van der Waals surface area contributed by atoms with E-state index in [1.165, 1.54) is 28.7 Å². The van der Waals surface area contributed by atoms with Crippen molar-refractivity contribution < 1.29 is 4.79 Å². The first kappa shape index (κ1) is 17.7. The summed E-state index contributed by atoms with van der Waals surface area (Å²) in [5, 5.41) is 15.4. The zero-order valence-corrected chi connectivity index (χ0v) is 15.5. The average molecular weight is 391 g/mol. The number of carbonyl (C=O) groups excluding carboxylic acids is 1. The molecule has 128 valence electrons. The number of carbonyl (C=O) groups is 1. The van der Waals surface area contributed by atoms with Gasteiger partial charge in [0.25, 0.3) is 0 Å². The number of halogens is 1. The fraction of sp³-hybridized carbons (Fsp3) is 0.118. The van der Waals surface area contributed by atoms with E-state index in [4.69, 9.17) is 11.6 Å². The largest absolute Gasteiger partial charge is 0.356 e. The highest BCUT2D eigenvalue weighted by molar-refractivity contribution is 8.01. The van der Waals surface area contributed by atoms with Crippen LogP contribution < -0.4 is 10.6 Å². The molecular weight excluding hydrogens is 376 g/mol. The number of anilines is 2. The predicted molar refractivity (Wildman–Crippen MR) is 104 cm³/mol. The maximum atomic E-state index is 12.0. The van der Waals surface area contributed by atoms with Crippen molar-refractivity contribution in [1.82, 2.24) is 10.2 Å². The third-order valence-corrected chi connectivity index (χ3v) is 5.51. The molecule has 0 aliphatic carbocycles. The molecule has 1 aromatic heterocycles. The zero-order valence-electron chi connectivity index (χ0n) is 13.1. The van der Waals surface area contributed by atoms with Gasteiger partial charge in [-0.3, -0.25) is 4.79 Å². The van der Waals surface area contributed by atoms with Crippen molar-refractivity contribution in [2.45, 2.75) is 10.9 Å². The Morgan fingerprint density at radius 3 is 2.64 bits per heavy atom. The van der Waals surface area contributed by atoms with Gasteiger partial charge in [-0.05, 0) is 17.7 Å². The highest BCUT2D eigenvalue weighted by atomic mass is 35.5. The molecule has 0 aliphatic rings. The van der Waals surface area contributed by atoms with Crippen molar-refractivity contribution in [2.75, 3.05) is 16.4 Å². The van der Waals surface area contributed by atoms with Gasteiger partial charge < -0.3 is 10.6 Å². The number of hydrogen-bond donors (Lipinski definition) is 2. The summed E-state index contributed by atoms with van der Waals surface area (Å²) in [5.74, 6) is 0.116. The number of thioether (sulfide) groups is 1. The number of aromatic nitrogens is 2. The van der Waals surface area contributed by atoms with Gasteiger partial charge in [0.2, 0.25) is 11.0 Å². The van der Waals surface area contributed by atoms with Crippen LogP contribution in [0.15, 0.2) is 58.9 Å². The van der Waals surface area contributed by atoms with E-state index in [9.17, 15) is 4.79 Å². The molecule has 2 N–H and O–H groups in total. The highest BCUT2D eigenvalue weighted by Gasteiger charge is 2.09. The number of hydrogen-bond acceptors (Lipinski definition) is 6. The maximum absolute atomic E-state index is 12.0. The number of nitrogens with zero attached hydrogens (tertiary/aromatic N) is 2. The maximum Gasteiger partial charge on any atom is 0.234 e. The molecule has 8 heteroatoms. The molecule has 0 saturated carbocycles. The first-order valence-corrected chi connectivity index (χ1v) is 9.67. The van der Waals surface area contributed by atoms with Gasteiger partial charge in [-0.2, -0.15) is 0 Å². The van der Waals surface area contributed by atoms with E-state index < -0.39 is 0 Å². The van der Waals surface area contributed by atoms with Crippen LogP contribution in [0, 0.1) is 0 Å². The van der Waals surface area contributed by atoms with Gasteiger partial charge >= 0.3 is 0 Å². The minimum atomic E-state index is -0.132. The van der Waals surface area contributed by atoms with E-state index in [0.29, 0.717) is 17.3 Å². The molecule has 0 fully saturated rings. The summed E-state index contributed by atoms with van der Waals surface area (Å²) in [6.07, 6.45) is 0. The van der Waals surface area contributed by atoms with Crippen LogP contribution in [0.1, 0.15) is 5.56 Å². The van der Waals surface area contributed by atoms with Crippen LogP contribution in [0.3, 0.4) is 0 Å². The summed E-state index contributed by atoms with van der Waals surface area (Å²) >= 11 is 8.80. The molecule has 1 amide bonds. The average Bonchev–Trinajstić information content (AvgIpc) is 3.09. The second-order valence-corrected chi connectivity index (χ2v) is 7.64. The van der Waals surface area contributed by atoms with Crippen LogP contribution in [0.25, 0.3) is 0 Å². The fourth-order valence-electron chi connectivity index (χ4n) is 1.99. The molecule has 1 heterocycles. The Kier molecular flexibility index (Phi) is 6.27. The van der Waals surface area contributed by atoms with Gasteiger partial charge in [0.1, 0.15) is 0 Å². The monoisotopic (exact) mass is 390 g/mol. The first-order valence-electron chi connectivity index (χ1n) is 7.49. The van der Waals surface area contributed by atoms with Crippen LogP contribution in [-0.2, 0) is 11.3 Å². The summed E-state index contributed by atoms with van der Waals surface area (Å²) in [6.45, 7) is 0.688. The van der Waals surface area contributed by atoms with E-state index in [2.05, 4.69) is 20.8 Å². The smallest absolute Gasteiger partial charge is 0.234 e. The standard InChI is InChI=1S/C17H15ClN4OS2/c18-13-8-4-5-9-14(13)20-15(23)11-24-17-22-21-16(25-17)19-10-12-6-2-1-3-7-12/h1-9H,10-11H2,(H,19,21)(H,20,23).